The topological polar surface area (TPSA) is 125 Å². The highest BCUT2D eigenvalue weighted by Crippen LogP contribution is 2.40. The molecule has 1 amide bonds. The molecular formula is C10H11N5O3S2. The van der Waals surface area contributed by atoms with E-state index in [1.54, 1.807) is 6.20 Å². The first kappa shape index (κ1) is 13.5. The average Bonchev–Trinajstić information content (AvgIpc) is 2.96. The second-order valence-electron chi connectivity index (χ2n) is 4.29. The fourth-order valence-electron chi connectivity index (χ4n) is 2.11. The van der Waals surface area contributed by atoms with E-state index in [9.17, 15) is 14.7 Å². The van der Waals surface area contributed by atoms with Gasteiger partial charge in [0, 0.05) is 11.5 Å². The predicted octanol–water partition coefficient (Wildman–Crippen LogP) is -0.522. The molecule has 3 heterocycles. The first-order valence-electron chi connectivity index (χ1n) is 5.73. The summed E-state index contributed by atoms with van der Waals surface area (Å²) in [6, 6.07) is -0.598. The molecule has 1 saturated heterocycles. The van der Waals surface area contributed by atoms with Crippen molar-refractivity contribution in [2.45, 2.75) is 16.4 Å². The SMILES string of the molecule is N[C@@H]1C(=O)N2C(C(=O)O)=C(CSc3cn[nH]n3)CS[C@@H]12. The molecule has 2 aliphatic rings. The number of aromatic nitrogens is 3. The molecule has 0 spiro atoms. The number of β-lactam (4-membered cyclic amide) rings is 1. The summed E-state index contributed by atoms with van der Waals surface area (Å²) in [7, 11) is 0. The molecule has 4 N–H and O–H groups in total. The lowest BCUT2D eigenvalue weighted by atomic mass is 10.0. The number of carbonyl (C=O) groups is 2. The maximum Gasteiger partial charge on any atom is 0.352 e. The second kappa shape index (κ2) is 5.11. The van der Waals surface area contributed by atoms with Gasteiger partial charge in [0.1, 0.15) is 22.1 Å². The largest absolute Gasteiger partial charge is 0.477 e. The Balaban J connectivity index is 1.82. The van der Waals surface area contributed by atoms with Crippen molar-refractivity contribution in [2.24, 2.45) is 5.73 Å². The summed E-state index contributed by atoms with van der Waals surface area (Å²) in [5.74, 6) is -0.420. The summed E-state index contributed by atoms with van der Waals surface area (Å²) in [6.45, 7) is 0. The van der Waals surface area contributed by atoms with Gasteiger partial charge in [0.2, 0.25) is 5.91 Å². The highest BCUT2D eigenvalue weighted by molar-refractivity contribution is 8.01. The molecule has 1 aromatic heterocycles. The molecule has 0 saturated carbocycles. The molecule has 106 valence electrons. The summed E-state index contributed by atoms with van der Waals surface area (Å²) in [5, 5.41) is 19.8. The lowest BCUT2D eigenvalue weighted by molar-refractivity contribution is -0.147. The van der Waals surface area contributed by atoms with E-state index in [2.05, 4.69) is 15.4 Å². The van der Waals surface area contributed by atoms with E-state index >= 15 is 0 Å². The monoisotopic (exact) mass is 313 g/mol. The molecule has 0 unspecified atom stereocenters. The quantitative estimate of drug-likeness (QED) is 0.501. The summed E-state index contributed by atoms with van der Waals surface area (Å²) in [4.78, 5) is 24.5. The third-order valence-electron chi connectivity index (χ3n) is 3.08. The number of amides is 1. The van der Waals surface area contributed by atoms with E-state index in [-0.39, 0.29) is 17.0 Å². The molecule has 20 heavy (non-hydrogen) atoms. The summed E-state index contributed by atoms with van der Waals surface area (Å²) in [5.41, 5.74) is 6.45. The Bertz CT molecular complexity index is 588. The maximum absolute atomic E-state index is 11.7. The Morgan fingerprint density at radius 3 is 3.15 bits per heavy atom. The zero-order valence-corrected chi connectivity index (χ0v) is 11.8. The van der Waals surface area contributed by atoms with Crippen LogP contribution in [0.5, 0.6) is 0 Å². The van der Waals surface area contributed by atoms with Gasteiger partial charge in [0.25, 0.3) is 0 Å². The highest BCUT2D eigenvalue weighted by Gasteiger charge is 2.51. The van der Waals surface area contributed by atoms with Crippen molar-refractivity contribution in [2.75, 3.05) is 11.5 Å². The third kappa shape index (κ3) is 2.09. The smallest absolute Gasteiger partial charge is 0.352 e. The Labute approximate surface area is 122 Å². The van der Waals surface area contributed by atoms with Crippen molar-refractivity contribution in [3.8, 4) is 0 Å². The number of H-pyrrole nitrogens is 1. The van der Waals surface area contributed by atoms with E-state index in [1.807, 2.05) is 0 Å². The number of fused-ring (bicyclic) bond motifs is 1. The van der Waals surface area contributed by atoms with Gasteiger partial charge in [-0.05, 0) is 5.57 Å². The summed E-state index contributed by atoms with van der Waals surface area (Å²) >= 11 is 2.87. The number of carbonyl (C=O) groups excluding carboxylic acids is 1. The number of carboxylic acids is 1. The van der Waals surface area contributed by atoms with Gasteiger partial charge in [-0.2, -0.15) is 10.3 Å². The maximum atomic E-state index is 11.7. The Kier molecular flexibility index (Phi) is 3.44. The molecule has 0 aliphatic carbocycles. The number of thioether (sulfide) groups is 2. The van der Waals surface area contributed by atoms with E-state index in [0.29, 0.717) is 22.1 Å². The normalized spacial score (nSPS) is 25.4. The average molecular weight is 313 g/mol. The third-order valence-corrected chi connectivity index (χ3v) is 5.42. The fraction of sp³-hybridized carbons (Fsp3) is 0.400. The number of carboxylic acid groups (broad SMARTS) is 1. The van der Waals surface area contributed by atoms with Crippen LogP contribution >= 0.6 is 23.5 Å². The molecule has 10 heteroatoms. The molecular weight excluding hydrogens is 302 g/mol. The van der Waals surface area contributed by atoms with Crippen LogP contribution in [-0.4, -0.2) is 60.2 Å². The number of aliphatic carboxylic acids is 1. The molecule has 1 fully saturated rings. The Hall–Kier alpha value is -1.52. The first-order chi connectivity index (χ1) is 9.59. The van der Waals surface area contributed by atoms with Gasteiger partial charge < -0.3 is 10.8 Å². The van der Waals surface area contributed by atoms with Crippen LogP contribution in [0.1, 0.15) is 0 Å². The van der Waals surface area contributed by atoms with E-state index in [1.165, 1.54) is 28.4 Å². The lowest BCUT2D eigenvalue weighted by Crippen LogP contribution is -2.68. The molecule has 0 aromatic carbocycles. The zero-order chi connectivity index (χ0) is 14.3. The van der Waals surface area contributed by atoms with E-state index < -0.39 is 12.0 Å². The van der Waals surface area contributed by atoms with Crippen LogP contribution in [0.25, 0.3) is 0 Å². The van der Waals surface area contributed by atoms with Crippen LogP contribution in [-0.2, 0) is 9.59 Å². The van der Waals surface area contributed by atoms with Crippen LogP contribution in [0.4, 0.5) is 0 Å². The molecule has 1 aromatic rings. The standard InChI is InChI=1S/C10H11N5O3S2/c11-6-8(16)15-7(10(17)18)4(3-20-9(6)15)2-19-5-1-12-14-13-5/h1,6,9H,2-3,11H2,(H,17,18)(H,12,13,14)/t6-,9+/m1/s1. The van der Waals surface area contributed by atoms with Gasteiger partial charge in [-0.1, -0.05) is 11.8 Å². The predicted molar refractivity (Wildman–Crippen MR) is 72.8 cm³/mol. The van der Waals surface area contributed by atoms with Crippen molar-refractivity contribution >= 4 is 35.4 Å². The Morgan fingerprint density at radius 1 is 1.70 bits per heavy atom. The first-order valence-corrected chi connectivity index (χ1v) is 7.77. The van der Waals surface area contributed by atoms with Crippen molar-refractivity contribution in [3.05, 3.63) is 17.5 Å². The van der Waals surface area contributed by atoms with Gasteiger partial charge in [-0.15, -0.1) is 16.9 Å². The molecule has 0 bridgehead atoms. The number of nitrogens with one attached hydrogen (secondary N) is 1. The van der Waals surface area contributed by atoms with Gasteiger partial charge >= 0.3 is 5.97 Å². The van der Waals surface area contributed by atoms with Gasteiger partial charge in [0.05, 0.1) is 6.20 Å². The van der Waals surface area contributed by atoms with Crippen LogP contribution < -0.4 is 5.73 Å². The van der Waals surface area contributed by atoms with Gasteiger partial charge in [0.15, 0.2) is 0 Å². The van der Waals surface area contributed by atoms with Crippen LogP contribution in [0.2, 0.25) is 0 Å². The van der Waals surface area contributed by atoms with Crippen LogP contribution in [0.3, 0.4) is 0 Å². The van der Waals surface area contributed by atoms with E-state index in [4.69, 9.17) is 5.73 Å². The molecule has 3 rings (SSSR count). The second-order valence-corrected chi connectivity index (χ2v) is 6.39. The molecule has 0 radical (unpaired) electrons. The molecule has 2 aliphatic heterocycles. The number of hydrogen-bond acceptors (Lipinski definition) is 7. The number of nitrogens with two attached hydrogens (primary N) is 1. The zero-order valence-electron chi connectivity index (χ0n) is 10.1. The number of nitrogens with zero attached hydrogens (tertiary/aromatic N) is 3. The van der Waals surface area contributed by atoms with E-state index in [0.717, 1.165) is 0 Å². The van der Waals surface area contributed by atoms with Crippen LogP contribution in [0, 0.1) is 0 Å². The highest BCUT2D eigenvalue weighted by atomic mass is 32.2. The molecule has 2 atom stereocenters. The minimum Gasteiger partial charge on any atom is -0.477 e. The number of hydrogen-bond donors (Lipinski definition) is 3. The lowest BCUT2D eigenvalue weighted by Gasteiger charge is -2.48. The van der Waals surface area contributed by atoms with Gasteiger partial charge in [-0.3, -0.25) is 9.69 Å². The minimum absolute atomic E-state index is 0.0662. The van der Waals surface area contributed by atoms with Crippen LogP contribution in [0.15, 0.2) is 22.5 Å². The minimum atomic E-state index is -1.09. The van der Waals surface area contributed by atoms with Crippen molar-refractivity contribution in [3.63, 3.8) is 0 Å². The summed E-state index contributed by atoms with van der Waals surface area (Å²) in [6.07, 6.45) is 1.56. The summed E-state index contributed by atoms with van der Waals surface area (Å²) < 4.78 is 0. The number of rotatable bonds is 4. The fourth-order valence-corrected chi connectivity index (χ4v) is 4.33. The van der Waals surface area contributed by atoms with Crippen molar-refractivity contribution < 1.29 is 14.7 Å². The Morgan fingerprint density at radius 2 is 2.50 bits per heavy atom. The molecule has 8 nitrogen and oxygen atoms in total. The van der Waals surface area contributed by atoms with Crippen molar-refractivity contribution in [1.29, 1.82) is 0 Å². The van der Waals surface area contributed by atoms with Gasteiger partial charge in [-0.25, -0.2) is 4.79 Å². The number of aromatic amines is 1. The van der Waals surface area contributed by atoms with Crippen molar-refractivity contribution in [1.82, 2.24) is 20.3 Å².